The van der Waals surface area contributed by atoms with Crippen LogP contribution in [0.15, 0.2) is 4.99 Å². The fourth-order valence-electron chi connectivity index (χ4n) is 1.54. The molecule has 0 unspecified atom stereocenters. The number of hydrogen-bond acceptors (Lipinski definition) is 3. The number of guanidine groups is 1. The minimum Gasteiger partial charge on any atom is -0.381 e. The summed E-state index contributed by atoms with van der Waals surface area (Å²) >= 11 is 0. The lowest BCUT2D eigenvalue weighted by atomic mass is 9.96. The third-order valence-corrected chi connectivity index (χ3v) is 2.82. The first-order valence-corrected chi connectivity index (χ1v) is 8.08. The van der Waals surface area contributed by atoms with Crippen molar-refractivity contribution < 1.29 is 9.53 Å². The van der Waals surface area contributed by atoms with Gasteiger partial charge in [0.25, 0.3) is 0 Å². The summed E-state index contributed by atoms with van der Waals surface area (Å²) in [4.78, 5) is 15.8. The molecule has 130 valence electrons. The fourth-order valence-corrected chi connectivity index (χ4v) is 1.54. The summed E-state index contributed by atoms with van der Waals surface area (Å²) in [6.45, 7) is 13.6. The first kappa shape index (κ1) is 20.7. The Morgan fingerprint density at radius 1 is 1.09 bits per heavy atom. The number of nitrogens with zero attached hydrogens (tertiary/aromatic N) is 1. The van der Waals surface area contributed by atoms with Crippen molar-refractivity contribution >= 4 is 11.9 Å². The van der Waals surface area contributed by atoms with Crippen molar-refractivity contribution in [3.8, 4) is 0 Å². The van der Waals surface area contributed by atoms with Gasteiger partial charge in [0, 0.05) is 45.3 Å². The van der Waals surface area contributed by atoms with Gasteiger partial charge in [-0.15, -0.1) is 0 Å². The van der Waals surface area contributed by atoms with E-state index in [4.69, 9.17) is 4.74 Å². The molecule has 1 amide bonds. The summed E-state index contributed by atoms with van der Waals surface area (Å²) in [5.74, 6) is 1.37. The third-order valence-electron chi connectivity index (χ3n) is 2.82. The van der Waals surface area contributed by atoms with Crippen molar-refractivity contribution in [3.63, 3.8) is 0 Å². The second-order valence-corrected chi connectivity index (χ2v) is 6.75. The van der Waals surface area contributed by atoms with Crippen LogP contribution in [0, 0.1) is 11.3 Å². The van der Waals surface area contributed by atoms with Crippen LogP contribution in [-0.4, -0.2) is 51.8 Å². The van der Waals surface area contributed by atoms with E-state index in [-0.39, 0.29) is 11.3 Å². The van der Waals surface area contributed by atoms with E-state index in [0.29, 0.717) is 19.0 Å². The molecule has 0 aliphatic rings. The Morgan fingerprint density at radius 3 is 2.23 bits per heavy atom. The lowest BCUT2D eigenvalue weighted by molar-refractivity contribution is -0.128. The summed E-state index contributed by atoms with van der Waals surface area (Å²) < 4.78 is 5.52. The van der Waals surface area contributed by atoms with Gasteiger partial charge < -0.3 is 20.7 Å². The van der Waals surface area contributed by atoms with Gasteiger partial charge in [0.15, 0.2) is 5.96 Å². The molecule has 0 bridgehead atoms. The molecule has 6 heteroatoms. The second-order valence-electron chi connectivity index (χ2n) is 6.75. The number of carbonyl (C=O) groups is 1. The van der Waals surface area contributed by atoms with Crippen molar-refractivity contribution in [2.75, 3.05) is 39.9 Å². The van der Waals surface area contributed by atoms with E-state index in [0.717, 1.165) is 32.1 Å². The van der Waals surface area contributed by atoms with Crippen LogP contribution in [0.4, 0.5) is 0 Å². The Labute approximate surface area is 135 Å². The van der Waals surface area contributed by atoms with Crippen LogP contribution >= 0.6 is 0 Å². The molecule has 0 heterocycles. The van der Waals surface area contributed by atoms with Crippen LogP contribution in [-0.2, 0) is 9.53 Å². The van der Waals surface area contributed by atoms with Gasteiger partial charge in [-0.05, 0) is 12.3 Å². The highest BCUT2D eigenvalue weighted by Gasteiger charge is 2.20. The number of ether oxygens (including phenoxy) is 1. The molecular weight excluding hydrogens is 280 g/mol. The number of aliphatic imine (C=N–C) groups is 1. The normalized spacial score (nSPS) is 12.4. The molecule has 3 N–H and O–H groups in total. The van der Waals surface area contributed by atoms with Gasteiger partial charge >= 0.3 is 0 Å². The average molecular weight is 314 g/mol. The number of hydrogen-bond donors (Lipinski definition) is 3. The van der Waals surface area contributed by atoms with Gasteiger partial charge in [0.2, 0.25) is 5.91 Å². The van der Waals surface area contributed by atoms with E-state index in [2.05, 4.69) is 34.8 Å². The van der Waals surface area contributed by atoms with Crippen LogP contribution in [0.5, 0.6) is 0 Å². The molecule has 0 saturated heterocycles. The van der Waals surface area contributed by atoms with E-state index >= 15 is 0 Å². The first-order valence-electron chi connectivity index (χ1n) is 8.08. The zero-order valence-corrected chi connectivity index (χ0v) is 15.1. The van der Waals surface area contributed by atoms with Gasteiger partial charge in [-0.2, -0.15) is 0 Å². The van der Waals surface area contributed by atoms with E-state index in [9.17, 15) is 4.79 Å². The summed E-state index contributed by atoms with van der Waals surface area (Å²) in [6.07, 6.45) is 0.939. The van der Waals surface area contributed by atoms with E-state index < -0.39 is 0 Å². The molecule has 0 aliphatic heterocycles. The average Bonchev–Trinajstić information content (AvgIpc) is 2.43. The van der Waals surface area contributed by atoms with Crippen molar-refractivity contribution in [3.05, 3.63) is 0 Å². The third kappa shape index (κ3) is 11.4. The molecule has 0 aromatic heterocycles. The Balaban J connectivity index is 3.66. The number of nitrogens with one attached hydrogen (secondary N) is 3. The van der Waals surface area contributed by atoms with Gasteiger partial charge in [0.05, 0.1) is 0 Å². The van der Waals surface area contributed by atoms with E-state index in [1.54, 1.807) is 7.05 Å². The van der Waals surface area contributed by atoms with Gasteiger partial charge in [-0.1, -0.05) is 34.6 Å². The lowest BCUT2D eigenvalue weighted by Gasteiger charge is -2.18. The standard InChI is InChI=1S/C16H34N4O2/c1-13(2)12-22-11-7-8-19-15(17-6)20-10-9-18-14(21)16(3,4)5/h13H,7-12H2,1-6H3,(H,18,21)(H2,17,19,20). The lowest BCUT2D eigenvalue weighted by Crippen LogP contribution is -2.43. The zero-order chi connectivity index (χ0) is 17.0. The molecule has 0 aromatic rings. The van der Waals surface area contributed by atoms with Crippen LogP contribution in [0.2, 0.25) is 0 Å². The SMILES string of the molecule is CN=C(NCCCOCC(C)C)NCCNC(=O)C(C)(C)C. The van der Waals surface area contributed by atoms with Crippen LogP contribution in [0.1, 0.15) is 41.0 Å². The predicted octanol–water partition coefficient (Wildman–Crippen LogP) is 1.38. The minimum absolute atomic E-state index is 0.0551. The van der Waals surface area contributed by atoms with Crippen molar-refractivity contribution in [1.82, 2.24) is 16.0 Å². The maximum atomic E-state index is 11.7. The highest BCUT2D eigenvalue weighted by Crippen LogP contribution is 2.11. The van der Waals surface area contributed by atoms with Gasteiger partial charge in [0.1, 0.15) is 0 Å². The highest BCUT2D eigenvalue weighted by molar-refractivity contribution is 5.81. The topological polar surface area (TPSA) is 74.8 Å². The Hall–Kier alpha value is -1.30. The Kier molecular flexibility index (Phi) is 10.6. The van der Waals surface area contributed by atoms with Crippen LogP contribution in [0.25, 0.3) is 0 Å². The fraction of sp³-hybridized carbons (Fsp3) is 0.875. The Morgan fingerprint density at radius 2 is 1.68 bits per heavy atom. The van der Waals surface area contributed by atoms with Crippen LogP contribution < -0.4 is 16.0 Å². The largest absolute Gasteiger partial charge is 0.381 e. The molecule has 0 aromatic carbocycles. The van der Waals surface area contributed by atoms with Crippen molar-refractivity contribution in [2.24, 2.45) is 16.3 Å². The molecule has 22 heavy (non-hydrogen) atoms. The van der Waals surface area contributed by atoms with Crippen molar-refractivity contribution in [1.29, 1.82) is 0 Å². The maximum absolute atomic E-state index is 11.7. The monoisotopic (exact) mass is 314 g/mol. The molecule has 0 atom stereocenters. The van der Waals surface area contributed by atoms with Crippen molar-refractivity contribution in [2.45, 2.75) is 41.0 Å². The second kappa shape index (κ2) is 11.3. The van der Waals surface area contributed by atoms with Gasteiger partial charge in [-0.25, -0.2) is 0 Å². The predicted molar refractivity (Wildman–Crippen MR) is 92.1 cm³/mol. The highest BCUT2D eigenvalue weighted by atomic mass is 16.5. The number of carbonyl (C=O) groups excluding carboxylic acids is 1. The quantitative estimate of drug-likeness (QED) is 0.341. The smallest absolute Gasteiger partial charge is 0.225 e. The molecular formula is C16H34N4O2. The summed E-state index contributed by atoms with van der Waals surface area (Å²) in [5.41, 5.74) is -0.351. The summed E-state index contributed by atoms with van der Waals surface area (Å²) in [6, 6.07) is 0. The summed E-state index contributed by atoms with van der Waals surface area (Å²) in [5, 5.41) is 9.28. The maximum Gasteiger partial charge on any atom is 0.225 e. The first-order chi connectivity index (χ1) is 10.3. The molecule has 0 spiro atoms. The number of amides is 1. The van der Waals surface area contributed by atoms with Gasteiger partial charge in [-0.3, -0.25) is 9.79 Å². The molecule has 0 rings (SSSR count). The Bertz CT molecular complexity index is 336. The van der Waals surface area contributed by atoms with Crippen LogP contribution in [0.3, 0.4) is 0 Å². The minimum atomic E-state index is -0.351. The van der Waals surface area contributed by atoms with E-state index in [1.165, 1.54) is 0 Å². The molecule has 0 aliphatic carbocycles. The molecule has 0 saturated carbocycles. The van der Waals surface area contributed by atoms with E-state index in [1.807, 2.05) is 20.8 Å². The molecule has 6 nitrogen and oxygen atoms in total. The zero-order valence-electron chi connectivity index (χ0n) is 15.1. The molecule has 0 fully saturated rings. The number of rotatable bonds is 9. The summed E-state index contributed by atoms with van der Waals surface area (Å²) in [7, 11) is 1.73. The molecule has 0 radical (unpaired) electrons.